The van der Waals surface area contributed by atoms with Crippen molar-refractivity contribution in [2.45, 2.75) is 65.2 Å². The maximum Gasteiger partial charge on any atom is 0.332 e. The summed E-state index contributed by atoms with van der Waals surface area (Å²) in [5.74, 6) is -1.21. The molecule has 2 aromatic heterocycles. The summed E-state index contributed by atoms with van der Waals surface area (Å²) in [5.41, 5.74) is 6.80. The number of anilines is 1. The summed E-state index contributed by atoms with van der Waals surface area (Å²) >= 11 is 0. The fourth-order valence-corrected chi connectivity index (χ4v) is 4.66. The largest absolute Gasteiger partial charge is 0.461 e. The van der Waals surface area contributed by atoms with Gasteiger partial charge in [0.1, 0.15) is 18.2 Å². The lowest BCUT2D eigenvalue weighted by molar-refractivity contribution is -0.153. The second-order valence-corrected chi connectivity index (χ2v) is 10.5. The highest BCUT2D eigenvalue weighted by atomic mass is 31.2. The normalized spacial score (nSPS) is 17.1. The van der Waals surface area contributed by atoms with Crippen LogP contribution in [0.4, 0.5) is 5.82 Å². The Kier molecular flexibility index (Phi) is 8.95. The monoisotopic (exact) mass is 498 g/mol. The average Bonchev–Trinajstić information content (AvgIpc) is 3.46. The molecule has 2 heterocycles. The average molecular weight is 498 g/mol. The number of nitrogens with one attached hydrogen (secondary N) is 1. The van der Waals surface area contributed by atoms with Gasteiger partial charge in [-0.05, 0) is 33.6 Å². The molecule has 1 saturated carbocycles. The highest BCUT2D eigenvalue weighted by Gasteiger charge is 2.31. The number of nitrogens with zero attached hydrogens (tertiary/aromatic N) is 4. The van der Waals surface area contributed by atoms with Gasteiger partial charge in [0.25, 0.3) is 0 Å². The summed E-state index contributed by atoms with van der Waals surface area (Å²) in [5, 5.41) is 2.23. The van der Waals surface area contributed by atoms with Crippen molar-refractivity contribution < 1.29 is 33.0 Å². The van der Waals surface area contributed by atoms with Crippen molar-refractivity contribution in [3.63, 3.8) is 0 Å². The topological polar surface area (TPSA) is 170 Å². The van der Waals surface area contributed by atoms with Gasteiger partial charge in [0.05, 0.1) is 31.0 Å². The van der Waals surface area contributed by atoms with E-state index < -0.39 is 38.5 Å². The SMILES string of the molecule is CC(C)OC(=O)COP(=O)(CO[C@H](C)Cn1cnc2c(N)ncnc21)NOC(=O)C1CCCC1. The number of ether oxygens (including phenoxy) is 2. The van der Waals surface area contributed by atoms with E-state index in [1.54, 1.807) is 31.7 Å². The molecule has 2 atom stereocenters. The Morgan fingerprint density at radius 1 is 1.24 bits per heavy atom. The van der Waals surface area contributed by atoms with Crippen LogP contribution in [0.2, 0.25) is 0 Å². The molecule has 0 spiro atoms. The van der Waals surface area contributed by atoms with Gasteiger partial charge in [0, 0.05) is 0 Å². The zero-order valence-electron chi connectivity index (χ0n) is 19.5. The first-order chi connectivity index (χ1) is 16.2. The molecule has 3 N–H and O–H groups in total. The number of nitrogen functional groups attached to an aromatic ring is 1. The van der Waals surface area contributed by atoms with E-state index in [0.29, 0.717) is 30.6 Å². The molecule has 14 heteroatoms. The van der Waals surface area contributed by atoms with Crippen molar-refractivity contribution in [1.29, 1.82) is 0 Å². The number of fused-ring (bicyclic) bond motifs is 1. The molecule has 0 bridgehead atoms. The van der Waals surface area contributed by atoms with Crippen LogP contribution in [0, 0.1) is 5.92 Å². The van der Waals surface area contributed by atoms with Crippen LogP contribution >= 0.6 is 7.52 Å². The number of aromatic nitrogens is 4. The Morgan fingerprint density at radius 2 is 1.97 bits per heavy atom. The molecule has 188 valence electrons. The minimum atomic E-state index is -3.90. The summed E-state index contributed by atoms with van der Waals surface area (Å²) in [6.07, 6.45) is 4.91. The van der Waals surface area contributed by atoms with E-state index in [1.807, 2.05) is 0 Å². The van der Waals surface area contributed by atoms with Crippen LogP contribution in [0.15, 0.2) is 12.7 Å². The highest BCUT2D eigenvalue weighted by Crippen LogP contribution is 2.43. The standard InChI is InChI=1S/C20H31N6O7P/c1-13(2)32-16(27)9-31-34(29,25-33-20(28)15-6-4-5-7-15)12-30-14(3)8-26-11-24-17-18(21)22-10-23-19(17)26/h10-11,13-15H,4-9,12H2,1-3H3,(H,25,29)(H2,21,22,23)/t14-,34?/m1/s1. The number of hydrogen-bond donors (Lipinski definition) is 2. The fourth-order valence-electron chi connectivity index (χ4n) is 3.49. The van der Waals surface area contributed by atoms with Crippen LogP contribution in [0.25, 0.3) is 11.2 Å². The number of hydrogen-bond acceptors (Lipinski definition) is 11. The summed E-state index contributed by atoms with van der Waals surface area (Å²) in [4.78, 5) is 41.5. The Labute approximate surface area is 197 Å². The molecule has 1 aliphatic carbocycles. The van der Waals surface area contributed by atoms with E-state index in [4.69, 9.17) is 24.6 Å². The van der Waals surface area contributed by atoms with Gasteiger partial charge in [0.15, 0.2) is 18.1 Å². The number of carbonyl (C=O) groups is 2. The molecule has 0 radical (unpaired) electrons. The maximum absolute atomic E-state index is 13.3. The number of carbonyl (C=O) groups excluding carboxylic acids is 2. The van der Waals surface area contributed by atoms with Gasteiger partial charge in [-0.1, -0.05) is 18.1 Å². The first-order valence-electron chi connectivity index (χ1n) is 11.1. The number of nitrogens with two attached hydrogens (primary N) is 1. The van der Waals surface area contributed by atoms with Crippen molar-refractivity contribution in [2.24, 2.45) is 5.92 Å². The highest BCUT2D eigenvalue weighted by molar-refractivity contribution is 7.56. The van der Waals surface area contributed by atoms with Crippen molar-refractivity contribution in [1.82, 2.24) is 24.8 Å². The first kappa shape index (κ1) is 26.0. The van der Waals surface area contributed by atoms with Gasteiger partial charge in [0.2, 0.25) is 0 Å². The molecule has 0 saturated heterocycles. The van der Waals surface area contributed by atoms with Crippen LogP contribution in [-0.2, 0) is 39.5 Å². The Hall–Kier alpha value is -2.60. The second-order valence-electron chi connectivity index (χ2n) is 8.41. The first-order valence-corrected chi connectivity index (χ1v) is 12.9. The molecule has 1 unspecified atom stereocenters. The summed E-state index contributed by atoms with van der Waals surface area (Å²) in [7, 11) is -3.90. The number of esters is 1. The van der Waals surface area contributed by atoms with Gasteiger partial charge >= 0.3 is 19.5 Å². The summed E-state index contributed by atoms with van der Waals surface area (Å²) in [6.45, 7) is 4.83. The van der Waals surface area contributed by atoms with Gasteiger partial charge in [-0.3, -0.25) is 9.36 Å². The second kappa shape index (κ2) is 11.7. The molecule has 34 heavy (non-hydrogen) atoms. The number of rotatable bonds is 12. The van der Waals surface area contributed by atoms with E-state index in [1.165, 1.54) is 6.33 Å². The molecule has 0 aromatic carbocycles. The smallest absolute Gasteiger partial charge is 0.332 e. The molecule has 2 aromatic rings. The van der Waals surface area contributed by atoms with Crippen molar-refractivity contribution >= 4 is 36.4 Å². The molecule has 3 rings (SSSR count). The third-order valence-corrected chi connectivity index (χ3v) is 6.55. The lowest BCUT2D eigenvalue weighted by Gasteiger charge is -2.22. The summed E-state index contributed by atoms with van der Waals surface area (Å²) in [6, 6.07) is 0. The molecule has 0 aliphatic heterocycles. The summed E-state index contributed by atoms with van der Waals surface area (Å²) < 4.78 is 31.0. The van der Waals surface area contributed by atoms with E-state index in [9.17, 15) is 14.2 Å². The van der Waals surface area contributed by atoms with E-state index >= 15 is 0 Å². The molecule has 13 nitrogen and oxygen atoms in total. The molecular formula is C20H31N6O7P. The van der Waals surface area contributed by atoms with Gasteiger partial charge in [-0.2, -0.15) is 0 Å². The minimum Gasteiger partial charge on any atom is -0.461 e. The predicted molar refractivity (Wildman–Crippen MR) is 121 cm³/mol. The lowest BCUT2D eigenvalue weighted by atomic mass is 10.1. The fraction of sp³-hybridized carbons (Fsp3) is 0.650. The molecule has 1 fully saturated rings. The van der Waals surface area contributed by atoms with Crippen LogP contribution in [0.3, 0.4) is 0 Å². The Morgan fingerprint density at radius 3 is 2.68 bits per heavy atom. The van der Waals surface area contributed by atoms with Crippen molar-refractivity contribution in [3.05, 3.63) is 12.7 Å². The number of imidazole rings is 1. The van der Waals surface area contributed by atoms with Crippen LogP contribution in [0.1, 0.15) is 46.5 Å². The maximum atomic E-state index is 13.3. The van der Waals surface area contributed by atoms with Gasteiger partial charge < -0.3 is 29.1 Å². The minimum absolute atomic E-state index is 0.254. The van der Waals surface area contributed by atoms with E-state index in [2.05, 4.69) is 20.2 Å². The van der Waals surface area contributed by atoms with E-state index in [-0.39, 0.29) is 17.8 Å². The zero-order chi connectivity index (χ0) is 24.7. The zero-order valence-corrected chi connectivity index (χ0v) is 20.4. The third kappa shape index (κ3) is 7.20. The molecule has 1 aliphatic rings. The lowest BCUT2D eigenvalue weighted by Crippen LogP contribution is -2.28. The van der Waals surface area contributed by atoms with Gasteiger partial charge in [-0.25, -0.2) is 19.7 Å². The predicted octanol–water partition coefficient (Wildman–Crippen LogP) is 2.17. The Balaban J connectivity index is 1.60. The van der Waals surface area contributed by atoms with E-state index in [0.717, 1.165) is 12.8 Å². The van der Waals surface area contributed by atoms with Crippen LogP contribution < -0.4 is 11.0 Å². The van der Waals surface area contributed by atoms with Crippen LogP contribution in [-0.4, -0.2) is 56.6 Å². The van der Waals surface area contributed by atoms with Crippen LogP contribution in [0.5, 0.6) is 0 Å². The van der Waals surface area contributed by atoms with Gasteiger partial charge in [-0.15, -0.1) is 0 Å². The van der Waals surface area contributed by atoms with Crippen molar-refractivity contribution in [2.75, 3.05) is 18.7 Å². The molecule has 0 amide bonds. The third-order valence-electron chi connectivity index (χ3n) is 5.14. The van der Waals surface area contributed by atoms with Crippen molar-refractivity contribution in [3.8, 4) is 0 Å². The quantitative estimate of drug-likeness (QED) is 0.249. The Bertz CT molecular complexity index is 1040. The molecular weight excluding hydrogens is 467 g/mol.